The molecule has 0 aromatic carbocycles. The van der Waals surface area contributed by atoms with Crippen LogP contribution in [0.25, 0.3) is 0 Å². The molecule has 4 atom stereocenters. The lowest BCUT2D eigenvalue weighted by molar-refractivity contribution is -0.122. The number of nitrogens with one attached hydrogen (secondary N) is 2. The molecule has 3 N–H and O–H groups in total. The van der Waals surface area contributed by atoms with E-state index >= 15 is 0 Å². The molecule has 1 saturated heterocycles. The van der Waals surface area contributed by atoms with Gasteiger partial charge in [-0.3, -0.25) is 4.79 Å². The molecule has 4 nitrogen and oxygen atoms in total. The van der Waals surface area contributed by atoms with Crippen molar-refractivity contribution in [3.63, 3.8) is 0 Å². The van der Waals surface area contributed by atoms with Gasteiger partial charge in [-0.1, -0.05) is 13.8 Å². The number of aliphatic hydroxyl groups excluding tert-OH is 1. The molecule has 0 aromatic heterocycles. The topological polar surface area (TPSA) is 61.4 Å². The molecule has 4 heteroatoms. The van der Waals surface area contributed by atoms with E-state index in [9.17, 15) is 9.90 Å². The first kappa shape index (κ1) is 16.4. The van der Waals surface area contributed by atoms with E-state index in [0.29, 0.717) is 30.7 Å². The van der Waals surface area contributed by atoms with E-state index in [0.717, 1.165) is 19.5 Å². The van der Waals surface area contributed by atoms with Crippen molar-refractivity contribution < 1.29 is 9.90 Å². The molecular weight excluding hydrogens is 240 g/mol. The summed E-state index contributed by atoms with van der Waals surface area (Å²) >= 11 is 0. The van der Waals surface area contributed by atoms with Crippen LogP contribution in [0.3, 0.4) is 0 Å². The third-order valence-electron chi connectivity index (χ3n) is 4.04. The summed E-state index contributed by atoms with van der Waals surface area (Å²) < 4.78 is 0. The van der Waals surface area contributed by atoms with Crippen molar-refractivity contribution in [2.24, 2.45) is 17.8 Å². The van der Waals surface area contributed by atoms with Crippen LogP contribution in [-0.2, 0) is 4.79 Å². The van der Waals surface area contributed by atoms with Gasteiger partial charge in [-0.15, -0.1) is 0 Å². The minimum absolute atomic E-state index is 0.149. The van der Waals surface area contributed by atoms with Crippen LogP contribution >= 0.6 is 0 Å². The molecule has 112 valence electrons. The third kappa shape index (κ3) is 6.92. The summed E-state index contributed by atoms with van der Waals surface area (Å²) in [6.45, 7) is 8.85. The number of hydrogen-bond donors (Lipinski definition) is 3. The largest absolute Gasteiger partial charge is 0.393 e. The zero-order valence-corrected chi connectivity index (χ0v) is 12.6. The Bertz CT molecular complexity index is 263. The number of piperidine rings is 1. The Kier molecular flexibility index (Phi) is 7.39. The highest BCUT2D eigenvalue weighted by molar-refractivity contribution is 5.76. The smallest absolute Gasteiger partial charge is 0.220 e. The maximum absolute atomic E-state index is 11.9. The summed E-state index contributed by atoms with van der Waals surface area (Å²) in [5.41, 5.74) is 0. The van der Waals surface area contributed by atoms with Crippen molar-refractivity contribution in [3.8, 4) is 0 Å². The molecule has 0 radical (unpaired) electrons. The predicted molar refractivity (Wildman–Crippen MR) is 77.8 cm³/mol. The number of carbonyl (C=O) groups is 1. The lowest BCUT2D eigenvalue weighted by Gasteiger charge is -2.28. The van der Waals surface area contributed by atoms with Crippen LogP contribution < -0.4 is 10.6 Å². The van der Waals surface area contributed by atoms with E-state index in [2.05, 4.69) is 24.5 Å². The molecule has 1 fully saturated rings. The van der Waals surface area contributed by atoms with Crippen molar-refractivity contribution in [3.05, 3.63) is 0 Å². The quantitative estimate of drug-likeness (QED) is 0.657. The molecule has 1 rings (SSSR count). The van der Waals surface area contributed by atoms with E-state index in [-0.39, 0.29) is 12.0 Å². The first-order chi connectivity index (χ1) is 8.99. The maximum atomic E-state index is 11.9. The van der Waals surface area contributed by atoms with Crippen molar-refractivity contribution in [1.29, 1.82) is 0 Å². The highest BCUT2D eigenvalue weighted by atomic mass is 16.3. The maximum Gasteiger partial charge on any atom is 0.220 e. The number of rotatable bonds is 7. The lowest BCUT2D eigenvalue weighted by Crippen LogP contribution is -2.36. The molecule has 19 heavy (non-hydrogen) atoms. The van der Waals surface area contributed by atoms with E-state index in [1.165, 1.54) is 12.8 Å². The summed E-state index contributed by atoms with van der Waals surface area (Å²) in [4.78, 5) is 11.9. The average Bonchev–Trinajstić information content (AvgIpc) is 2.36. The van der Waals surface area contributed by atoms with Crippen LogP contribution in [0.5, 0.6) is 0 Å². The van der Waals surface area contributed by atoms with E-state index in [1.807, 2.05) is 0 Å². The second kappa shape index (κ2) is 8.54. The number of amides is 1. The summed E-state index contributed by atoms with van der Waals surface area (Å²) in [5.74, 6) is 1.56. The third-order valence-corrected chi connectivity index (χ3v) is 4.04. The molecule has 1 amide bonds. The van der Waals surface area contributed by atoms with Gasteiger partial charge in [0.1, 0.15) is 0 Å². The Morgan fingerprint density at radius 2 is 2.16 bits per heavy atom. The Morgan fingerprint density at radius 1 is 1.42 bits per heavy atom. The van der Waals surface area contributed by atoms with Gasteiger partial charge in [-0.2, -0.15) is 0 Å². The lowest BCUT2D eigenvalue weighted by atomic mass is 9.85. The first-order valence-corrected chi connectivity index (χ1v) is 7.64. The monoisotopic (exact) mass is 270 g/mol. The van der Waals surface area contributed by atoms with Crippen molar-refractivity contribution in [2.75, 3.05) is 19.6 Å². The van der Waals surface area contributed by atoms with Gasteiger partial charge in [0, 0.05) is 13.0 Å². The van der Waals surface area contributed by atoms with Gasteiger partial charge >= 0.3 is 0 Å². The second-order valence-electron chi connectivity index (χ2n) is 6.28. The molecule has 0 spiro atoms. The Labute approximate surface area is 117 Å². The Hall–Kier alpha value is -0.610. The zero-order valence-electron chi connectivity index (χ0n) is 12.6. The second-order valence-corrected chi connectivity index (χ2v) is 6.28. The standard InChI is InChI=1S/C15H30N2O2/c1-11(7-13(3)18)9-17-15(19)8-12(2)14-5-4-6-16-10-14/h11-14,16,18H,4-10H2,1-3H3,(H,17,19). The predicted octanol–water partition coefficient (Wildman–Crippen LogP) is 1.54. The van der Waals surface area contributed by atoms with E-state index in [1.54, 1.807) is 6.92 Å². The van der Waals surface area contributed by atoms with Gasteiger partial charge in [0.25, 0.3) is 0 Å². The van der Waals surface area contributed by atoms with Crippen molar-refractivity contribution in [1.82, 2.24) is 10.6 Å². The summed E-state index contributed by atoms with van der Waals surface area (Å²) in [7, 11) is 0. The first-order valence-electron chi connectivity index (χ1n) is 7.64. The van der Waals surface area contributed by atoms with Crippen LogP contribution in [-0.4, -0.2) is 36.8 Å². The van der Waals surface area contributed by atoms with Crippen molar-refractivity contribution >= 4 is 5.91 Å². The Morgan fingerprint density at radius 3 is 2.74 bits per heavy atom. The fourth-order valence-electron chi connectivity index (χ4n) is 2.85. The molecule has 1 aliphatic heterocycles. The van der Waals surface area contributed by atoms with Gasteiger partial charge in [0.2, 0.25) is 5.91 Å². The highest BCUT2D eigenvalue weighted by Crippen LogP contribution is 2.22. The van der Waals surface area contributed by atoms with Crippen LogP contribution in [0.4, 0.5) is 0 Å². The van der Waals surface area contributed by atoms with Crippen LogP contribution in [0.1, 0.15) is 46.5 Å². The molecule has 0 aliphatic carbocycles. The molecule has 0 bridgehead atoms. The fraction of sp³-hybridized carbons (Fsp3) is 0.933. The normalized spacial score (nSPS) is 24.5. The molecule has 0 saturated carbocycles. The van der Waals surface area contributed by atoms with Gasteiger partial charge in [0.15, 0.2) is 0 Å². The van der Waals surface area contributed by atoms with E-state index in [4.69, 9.17) is 0 Å². The van der Waals surface area contributed by atoms with E-state index < -0.39 is 0 Å². The summed E-state index contributed by atoms with van der Waals surface area (Å²) in [5, 5.41) is 15.7. The van der Waals surface area contributed by atoms with Crippen LogP contribution in [0.2, 0.25) is 0 Å². The van der Waals surface area contributed by atoms with Gasteiger partial charge in [0.05, 0.1) is 6.10 Å². The molecule has 1 aliphatic rings. The van der Waals surface area contributed by atoms with Crippen LogP contribution in [0, 0.1) is 17.8 Å². The molecule has 1 heterocycles. The van der Waals surface area contributed by atoms with Crippen LogP contribution in [0.15, 0.2) is 0 Å². The molecular formula is C15H30N2O2. The zero-order chi connectivity index (χ0) is 14.3. The van der Waals surface area contributed by atoms with Gasteiger partial charge in [-0.05, 0) is 57.0 Å². The van der Waals surface area contributed by atoms with Crippen molar-refractivity contribution in [2.45, 2.75) is 52.6 Å². The molecule has 0 aromatic rings. The number of aliphatic hydroxyl groups is 1. The summed E-state index contributed by atoms with van der Waals surface area (Å²) in [6, 6.07) is 0. The minimum Gasteiger partial charge on any atom is -0.393 e. The molecule has 4 unspecified atom stereocenters. The number of hydrogen-bond acceptors (Lipinski definition) is 3. The average molecular weight is 270 g/mol. The SMILES string of the molecule is CC(O)CC(C)CNC(=O)CC(C)C1CCCNC1. The minimum atomic E-state index is -0.292. The Balaban J connectivity index is 2.19. The van der Waals surface area contributed by atoms with Gasteiger partial charge < -0.3 is 15.7 Å². The fourth-order valence-corrected chi connectivity index (χ4v) is 2.85. The highest BCUT2D eigenvalue weighted by Gasteiger charge is 2.22. The van der Waals surface area contributed by atoms with Gasteiger partial charge in [-0.25, -0.2) is 0 Å². The summed E-state index contributed by atoms with van der Waals surface area (Å²) in [6.07, 6.45) is 3.53. The number of carbonyl (C=O) groups excluding carboxylic acids is 1.